The average Bonchev–Trinajstić information content (AvgIpc) is 3.30. The van der Waals surface area contributed by atoms with Gasteiger partial charge in [-0.2, -0.15) is 0 Å². The van der Waals surface area contributed by atoms with Crippen molar-refractivity contribution in [1.29, 1.82) is 0 Å². The van der Waals surface area contributed by atoms with Gasteiger partial charge in [0.15, 0.2) is 4.90 Å². The lowest BCUT2D eigenvalue weighted by Crippen LogP contribution is -2.27. The van der Waals surface area contributed by atoms with Crippen LogP contribution in [0.2, 0.25) is 0 Å². The van der Waals surface area contributed by atoms with Crippen molar-refractivity contribution >= 4 is 17.1 Å². The topological polar surface area (TPSA) is 69.6 Å². The number of carboxylic acids is 1. The highest BCUT2D eigenvalue weighted by Gasteiger charge is 2.47. The number of aliphatic carboxylic acids is 1. The Labute approximate surface area is 172 Å². The second kappa shape index (κ2) is 11.2. The Morgan fingerprint density at radius 3 is 2.21 bits per heavy atom. The lowest BCUT2D eigenvalue weighted by atomic mass is 9.74. The maximum Gasteiger partial charge on any atom is 0.303 e. The van der Waals surface area contributed by atoms with Gasteiger partial charge in [0, 0.05) is 6.42 Å². The fourth-order valence-corrected chi connectivity index (χ4v) is 6.15. The molecule has 2 bridgehead atoms. The van der Waals surface area contributed by atoms with E-state index in [2.05, 4.69) is 0 Å². The molecule has 3 rings (SSSR count). The van der Waals surface area contributed by atoms with Crippen LogP contribution in [0.3, 0.4) is 0 Å². The number of carbonyl (C=O) groups is 1. The number of rotatable bonds is 13. The van der Waals surface area contributed by atoms with E-state index in [9.17, 15) is 9.35 Å². The van der Waals surface area contributed by atoms with Crippen LogP contribution in [0.5, 0.6) is 0 Å². The van der Waals surface area contributed by atoms with Crippen molar-refractivity contribution in [1.82, 2.24) is 0 Å². The smallest absolute Gasteiger partial charge is 0.303 e. The molecule has 2 fully saturated rings. The molecule has 1 N–H and O–H groups in total. The largest absolute Gasteiger partial charge is 0.611 e. The molecule has 2 heterocycles. The number of benzene rings is 1. The van der Waals surface area contributed by atoms with Crippen molar-refractivity contribution in [2.75, 3.05) is 5.75 Å². The highest BCUT2D eigenvalue weighted by atomic mass is 32.2. The highest BCUT2D eigenvalue weighted by molar-refractivity contribution is 7.91. The molecular weight excluding hydrogens is 372 g/mol. The maximum absolute atomic E-state index is 12.4. The lowest BCUT2D eigenvalue weighted by molar-refractivity contribution is -0.137. The predicted octanol–water partition coefficient (Wildman–Crippen LogP) is 5.18. The second-order valence-electron chi connectivity index (χ2n) is 8.32. The van der Waals surface area contributed by atoms with Crippen molar-refractivity contribution < 1.29 is 19.2 Å². The number of hydrogen-bond donors (Lipinski definition) is 1. The van der Waals surface area contributed by atoms with E-state index in [1.165, 1.54) is 32.1 Å². The zero-order chi connectivity index (χ0) is 19.8. The zero-order valence-electron chi connectivity index (χ0n) is 16.8. The van der Waals surface area contributed by atoms with Crippen molar-refractivity contribution in [2.24, 2.45) is 11.8 Å². The van der Waals surface area contributed by atoms with Crippen molar-refractivity contribution in [3.05, 3.63) is 30.3 Å². The molecule has 28 heavy (non-hydrogen) atoms. The van der Waals surface area contributed by atoms with Crippen LogP contribution in [0.25, 0.3) is 0 Å². The van der Waals surface area contributed by atoms with E-state index >= 15 is 0 Å². The first-order valence-corrected chi connectivity index (χ1v) is 12.3. The summed E-state index contributed by atoms with van der Waals surface area (Å²) in [6, 6.07) is 9.76. The molecule has 2 aliphatic heterocycles. The number of carboxylic acid groups (broad SMARTS) is 1. The summed E-state index contributed by atoms with van der Waals surface area (Å²) in [4.78, 5) is 11.5. The first kappa shape index (κ1) is 21.7. The molecule has 0 aliphatic carbocycles. The third kappa shape index (κ3) is 6.23. The number of hydrogen-bond acceptors (Lipinski definition) is 3. The molecule has 5 unspecified atom stereocenters. The molecule has 2 saturated heterocycles. The molecule has 2 aliphatic rings. The summed E-state index contributed by atoms with van der Waals surface area (Å²) < 4.78 is 18.6. The van der Waals surface area contributed by atoms with Crippen molar-refractivity contribution in [3.63, 3.8) is 0 Å². The van der Waals surface area contributed by atoms with Crippen LogP contribution in [0, 0.1) is 11.8 Å². The minimum atomic E-state index is -0.882. The molecule has 0 radical (unpaired) electrons. The van der Waals surface area contributed by atoms with Gasteiger partial charge in [-0.15, -0.1) is 0 Å². The van der Waals surface area contributed by atoms with E-state index < -0.39 is 17.1 Å². The van der Waals surface area contributed by atoms with Crippen LogP contribution in [0.15, 0.2) is 35.2 Å². The van der Waals surface area contributed by atoms with E-state index in [1.54, 1.807) is 0 Å². The number of unbranched alkanes of at least 4 members (excludes halogenated alkanes) is 4. The Balaban J connectivity index is 1.34. The van der Waals surface area contributed by atoms with Crippen LogP contribution in [-0.4, -0.2) is 33.6 Å². The van der Waals surface area contributed by atoms with E-state index in [-0.39, 0.29) is 0 Å². The summed E-state index contributed by atoms with van der Waals surface area (Å²) in [6.45, 7) is 0. The third-order valence-electron chi connectivity index (χ3n) is 6.39. The first-order valence-electron chi connectivity index (χ1n) is 11.0. The van der Waals surface area contributed by atoms with Gasteiger partial charge in [0.1, 0.15) is 5.75 Å². The van der Waals surface area contributed by atoms with E-state index in [0.29, 0.717) is 30.5 Å². The Bertz CT molecular complexity index is 594. The zero-order valence-corrected chi connectivity index (χ0v) is 17.6. The summed E-state index contributed by atoms with van der Waals surface area (Å²) in [5.74, 6) is 1.41. The number of fused-ring (bicyclic) bond motifs is 2. The summed E-state index contributed by atoms with van der Waals surface area (Å²) in [5.41, 5.74) is 0. The van der Waals surface area contributed by atoms with Crippen molar-refractivity contribution in [3.8, 4) is 0 Å². The molecular formula is C23H34O4S. The molecule has 1 aromatic carbocycles. The van der Waals surface area contributed by atoms with Crippen LogP contribution >= 0.6 is 0 Å². The SMILES string of the molecule is O=C(O)CCCCCCC1C2CCC(O2)C1CCCC[S+]([O-])c1ccccc1. The van der Waals surface area contributed by atoms with Crippen LogP contribution < -0.4 is 0 Å². The summed E-state index contributed by atoms with van der Waals surface area (Å²) in [7, 11) is 0. The van der Waals surface area contributed by atoms with E-state index in [4.69, 9.17) is 9.84 Å². The fourth-order valence-electron chi connectivity index (χ4n) is 4.98. The van der Waals surface area contributed by atoms with E-state index in [1.807, 2.05) is 30.3 Å². The fraction of sp³-hybridized carbons (Fsp3) is 0.696. The molecule has 0 spiro atoms. The molecule has 5 heteroatoms. The maximum atomic E-state index is 12.4. The molecule has 156 valence electrons. The Morgan fingerprint density at radius 2 is 1.57 bits per heavy atom. The quantitative estimate of drug-likeness (QED) is 0.362. The van der Waals surface area contributed by atoms with E-state index in [0.717, 1.165) is 42.8 Å². The molecule has 4 nitrogen and oxygen atoms in total. The van der Waals surface area contributed by atoms with Gasteiger partial charge in [0.25, 0.3) is 0 Å². The van der Waals surface area contributed by atoms with Gasteiger partial charge in [0.05, 0.1) is 12.2 Å². The van der Waals surface area contributed by atoms with Gasteiger partial charge < -0.3 is 14.4 Å². The minimum Gasteiger partial charge on any atom is -0.611 e. The standard InChI is InChI=1S/C23H34O4S/c24-23(25)14-7-2-1-6-12-19-20(22-16-15-21(19)27-22)13-8-9-17-28(26)18-10-4-3-5-11-18/h3-5,10-11,19-22H,1-2,6-9,12-17H2,(H,24,25). The van der Waals surface area contributed by atoms with Gasteiger partial charge in [-0.25, -0.2) is 0 Å². The normalized spacial score (nSPS) is 27.2. The van der Waals surface area contributed by atoms with Crippen LogP contribution in [0.1, 0.15) is 70.6 Å². The Kier molecular flexibility index (Phi) is 8.68. The number of ether oxygens (including phenoxy) is 1. The monoisotopic (exact) mass is 406 g/mol. The first-order chi connectivity index (χ1) is 13.6. The highest BCUT2D eigenvalue weighted by Crippen LogP contribution is 2.47. The predicted molar refractivity (Wildman–Crippen MR) is 112 cm³/mol. The summed E-state index contributed by atoms with van der Waals surface area (Å²) in [5, 5.41) is 8.71. The molecule has 0 aromatic heterocycles. The van der Waals surface area contributed by atoms with Gasteiger partial charge in [-0.05, 0) is 80.1 Å². The molecule has 1 aromatic rings. The van der Waals surface area contributed by atoms with Gasteiger partial charge >= 0.3 is 5.97 Å². The Morgan fingerprint density at radius 1 is 0.964 bits per heavy atom. The van der Waals surface area contributed by atoms with Gasteiger partial charge in [-0.1, -0.05) is 37.5 Å². The van der Waals surface area contributed by atoms with Gasteiger partial charge in [-0.3, -0.25) is 4.79 Å². The lowest BCUT2D eigenvalue weighted by Gasteiger charge is -2.28. The summed E-state index contributed by atoms with van der Waals surface area (Å²) in [6.07, 6.45) is 12.3. The third-order valence-corrected chi connectivity index (χ3v) is 7.85. The average molecular weight is 407 g/mol. The second-order valence-corrected chi connectivity index (χ2v) is 9.89. The molecule has 5 atom stereocenters. The van der Waals surface area contributed by atoms with Gasteiger partial charge in [0.2, 0.25) is 0 Å². The minimum absolute atomic E-state index is 0.296. The van der Waals surface area contributed by atoms with Crippen molar-refractivity contribution in [2.45, 2.75) is 87.7 Å². The van der Waals surface area contributed by atoms with Crippen LogP contribution in [-0.2, 0) is 20.7 Å². The molecule has 0 amide bonds. The molecule has 0 saturated carbocycles. The summed E-state index contributed by atoms with van der Waals surface area (Å²) >= 11 is -0.882. The van der Waals surface area contributed by atoms with Crippen LogP contribution in [0.4, 0.5) is 0 Å². The Hall–Kier alpha value is -1.04.